The van der Waals surface area contributed by atoms with Gasteiger partial charge >= 0.3 is 0 Å². The maximum Gasteiger partial charge on any atom is 0.223 e. The minimum atomic E-state index is -2.18. The molecule has 0 radical (unpaired) electrons. The lowest BCUT2D eigenvalue weighted by Gasteiger charge is -2.25. The Morgan fingerprint density at radius 3 is 1.35 bits per heavy atom. The lowest BCUT2D eigenvalue weighted by molar-refractivity contribution is -0.131. The van der Waals surface area contributed by atoms with Gasteiger partial charge in [-0.1, -0.05) is 105 Å². The third kappa shape index (κ3) is 17.9. The number of unbranched alkanes of at least 4 members (excludes halogenated alkanes) is 12. The van der Waals surface area contributed by atoms with Gasteiger partial charge in [-0.05, 0) is 25.7 Å². The first-order valence-electron chi connectivity index (χ1n) is 13.9. The summed E-state index contributed by atoms with van der Waals surface area (Å²) in [7, 11) is -2.18. The molecule has 0 aromatic heterocycles. The van der Waals surface area contributed by atoms with Crippen LogP contribution in [0.3, 0.4) is 0 Å². The molecule has 0 bridgehead atoms. The second-order valence-electron chi connectivity index (χ2n) is 9.60. The van der Waals surface area contributed by atoms with Crippen molar-refractivity contribution in [2.24, 2.45) is 0 Å². The van der Waals surface area contributed by atoms with Crippen molar-refractivity contribution in [1.29, 1.82) is 0 Å². The molecule has 0 fully saturated rings. The van der Waals surface area contributed by atoms with Crippen LogP contribution in [0.5, 0.6) is 0 Å². The number of rotatable bonds is 23. The highest BCUT2D eigenvalue weighted by molar-refractivity contribution is 7.63. The minimum absolute atomic E-state index is 0.260. The molecule has 0 aromatic rings. The average Bonchev–Trinajstić information content (AvgIpc) is 2.78. The predicted octanol–water partition coefficient (Wildman–Crippen LogP) is 8.89. The van der Waals surface area contributed by atoms with E-state index in [1.807, 2.05) is 0 Å². The molecule has 0 aromatic carbocycles. The number of nitrogens with zero attached hydrogens (tertiary/aromatic N) is 1. The molecule has 0 unspecified atom stereocenters. The van der Waals surface area contributed by atoms with Crippen molar-refractivity contribution in [3.05, 3.63) is 0 Å². The maximum atomic E-state index is 13.4. The molecule has 186 valence electrons. The Hall–Kier alpha value is -0.300. The smallest absolute Gasteiger partial charge is 0.223 e. The van der Waals surface area contributed by atoms with Crippen LogP contribution in [-0.4, -0.2) is 42.4 Å². The minimum Gasteiger partial charge on any atom is -0.343 e. The third-order valence-corrected chi connectivity index (χ3v) is 9.79. The Labute approximate surface area is 195 Å². The van der Waals surface area contributed by atoms with Gasteiger partial charge in [-0.25, -0.2) is 0 Å². The van der Waals surface area contributed by atoms with Crippen LogP contribution in [0.2, 0.25) is 0 Å². The molecular weight excluding hydrogens is 401 g/mol. The normalized spacial score (nSPS) is 11.7. The first-order chi connectivity index (χ1) is 15.0. The van der Waals surface area contributed by atoms with Crippen LogP contribution >= 0.6 is 7.14 Å². The van der Waals surface area contributed by atoms with Gasteiger partial charge in [-0.2, -0.15) is 0 Å². The first-order valence-corrected chi connectivity index (χ1v) is 16.1. The van der Waals surface area contributed by atoms with Gasteiger partial charge in [0.05, 0.1) is 7.14 Å². The molecule has 0 saturated carbocycles. The average molecular weight is 458 g/mol. The lowest BCUT2D eigenvalue weighted by Crippen LogP contribution is -2.33. The zero-order valence-electron chi connectivity index (χ0n) is 21.8. The Bertz CT molecular complexity index is 425. The van der Waals surface area contributed by atoms with E-state index in [4.69, 9.17) is 0 Å². The number of hydrogen-bond donors (Lipinski definition) is 0. The van der Waals surface area contributed by atoms with Gasteiger partial charge in [-0.15, -0.1) is 0 Å². The molecule has 0 spiro atoms. The SMILES string of the molecule is CCCCCCCCN(CCCCCCCC)C(=O)CCP(=O)(CCCC)CCCC. The van der Waals surface area contributed by atoms with Crippen molar-refractivity contribution >= 4 is 13.0 Å². The van der Waals surface area contributed by atoms with Crippen LogP contribution in [0.15, 0.2) is 0 Å². The Kier molecular flexibility index (Phi) is 21.3. The lowest BCUT2D eigenvalue weighted by atomic mass is 10.1. The van der Waals surface area contributed by atoms with Crippen LogP contribution in [0.1, 0.15) is 137 Å². The second kappa shape index (κ2) is 21.5. The van der Waals surface area contributed by atoms with Crippen molar-refractivity contribution in [2.45, 2.75) is 137 Å². The Morgan fingerprint density at radius 2 is 0.935 bits per heavy atom. The van der Waals surface area contributed by atoms with Crippen molar-refractivity contribution in [3.8, 4) is 0 Å². The predicted molar refractivity (Wildman–Crippen MR) is 140 cm³/mol. The highest BCUT2D eigenvalue weighted by atomic mass is 31.2. The van der Waals surface area contributed by atoms with Crippen LogP contribution < -0.4 is 0 Å². The number of carbonyl (C=O) groups excluding carboxylic acids is 1. The molecule has 0 aliphatic rings. The molecule has 0 heterocycles. The zero-order chi connectivity index (χ0) is 23.2. The van der Waals surface area contributed by atoms with Crippen LogP contribution in [0, 0.1) is 0 Å². The van der Waals surface area contributed by atoms with E-state index in [0.29, 0.717) is 12.6 Å². The quantitative estimate of drug-likeness (QED) is 0.113. The summed E-state index contributed by atoms with van der Waals surface area (Å²) >= 11 is 0. The van der Waals surface area contributed by atoms with Crippen molar-refractivity contribution in [1.82, 2.24) is 4.90 Å². The van der Waals surface area contributed by atoms with Gasteiger partial charge in [-0.3, -0.25) is 4.79 Å². The molecule has 0 aliphatic heterocycles. The summed E-state index contributed by atoms with van der Waals surface area (Å²) in [5, 5.41) is 0. The van der Waals surface area contributed by atoms with Crippen LogP contribution in [0.25, 0.3) is 0 Å². The van der Waals surface area contributed by atoms with Gasteiger partial charge in [0.1, 0.15) is 0 Å². The summed E-state index contributed by atoms with van der Waals surface area (Å²) in [6, 6.07) is 0. The summed E-state index contributed by atoms with van der Waals surface area (Å²) in [5.74, 6) is 0.260. The van der Waals surface area contributed by atoms with E-state index < -0.39 is 7.14 Å². The van der Waals surface area contributed by atoms with Crippen LogP contribution in [-0.2, 0) is 9.36 Å². The molecule has 0 aliphatic carbocycles. The fraction of sp³-hybridized carbons (Fsp3) is 0.963. The summed E-state index contributed by atoms with van der Waals surface area (Å²) < 4.78 is 13.4. The fourth-order valence-corrected chi connectivity index (χ4v) is 7.27. The van der Waals surface area contributed by atoms with Crippen molar-refractivity contribution in [2.75, 3.05) is 31.6 Å². The van der Waals surface area contributed by atoms with E-state index in [1.165, 1.54) is 64.2 Å². The van der Waals surface area contributed by atoms with Gasteiger partial charge in [0.15, 0.2) is 0 Å². The third-order valence-electron chi connectivity index (χ3n) is 6.49. The van der Waals surface area contributed by atoms with Gasteiger partial charge in [0.2, 0.25) is 5.91 Å². The van der Waals surface area contributed by atoms with E-state index in [9.17, 15) is 9.36 Å². The molecule has 0 N–H and O–H groups in total. The Balaban J connectivity index is 4.61. The molecular formula is C27H56NO2P. The maximum absolute atomic E-state index is 13.4. The second-order valence-corrected chi connectivity index (χ2v) is 13.1. The Morgan fingerprint density at radius 1 is 0.548 bits per heavy atom. The number of hydrogen-bond acceptors (Lipinski definition) is 2. The summed E-state index contributed by atoms with van der Waals surface area (Å²) in [6.07, 6.45) is 22.2. The van der Waals surface area contributed by atoms with Gasteiger partial charge < -0.3 is 9.46 Å². The highest BCUT2D eigenvalue weighted by Gasteiger charge is 2.23. The summed E-state index contributed by atoms with van der Waals surface area (Å²) in [5.41, 5.74) is 0. The zero-order valence-corrected chi connectivity index (χ0v) is 22.7. The van der Waals surface area contributed by atoms with E-state index in [-0.39, 0.29) is 5.91 Å². The monoisotopic (exact) mass is 457 g/mol. The van der Waals surface area contributed by atoms with Gasteiger partial charge in [0.25, 0.3) is 0 Å². The van der Waals surface area contributed by atoms with E-state index in [2.05, 4.69) is 32.6 Å². The topological polar surface area (TPSA) is 37.4 Å². The van der Waals surface area contributed by atoms with E-state index in [1.54, 1.807) is 0 Å². The fourth-order valence-electron chi connectivity index (χ4n) is 4.21. The molecule has 4 heteroatoms. The van der Waals surface area contributed by atoms with Gasteiger partial charge in [0, 0.05) is 38.0 Å². The van der Waals surface area contributed by atoms with E-state index in [0.717, 1.165) is 63.9 Å². The molecule has 0 saturated heterocycles. The van der Waals surface area contributed by atoms with Crippen molar-refractivity contribution in [3.63, 3.8) is 0 Å². The number of amides is 1. The largest absolute Gasteiger partial charge is 0.343 e. The molecule has 1 amide bonds. The first kappa shape index (κ1) is 30.7. The van der Waals surface area contributed by atoms with E-state index >= 15 is 0 Å². The molecule has 0 atom stereocenters. The standard InChI is InChI=1S/C27H56NO2P/c1-5-9-13-15-17-19-22-28(23-20-18-16-14-10-6-2)27(29)21-26-31(30,24-11-7-3)25-12-8-4/h5-26H2,1-4H3. The number of carbonyl (C=O) groups is 1. The van der Waals surface area contributed by atoms with Crippen molar-refractivity contribution < 1.29 is 9.36 Å². The molecule has 3 nitrogen and oxygen atoms in total. The summed E-state index contributed by atoms with van der Waals surface area (Å²) in [6.45, 7) is 10.6. The molecule has 0 rings (SSSR count). The van der Waals surface area contributed by atoms with Crippen LogP contribution in [0.4, 0.5) is 0 Å². The molecule has 31 heavy (non-hydrogen) atoms. The highest BCUT2D eigenvalue weighted by Crippen LogP contribution is 2.48. The summed E-state index contributed by atoms with van der Waals surface area (Å²) in [4.78, 5) is 15.2.